The zero-order chi connectivity index (χ0) is 28.4. The van der Waals surface area contributed by atoms with Crippen molar-refractivity contribution in [1.82, 2.24) is 5.32 Å². The molecule has 6 nitrogen and oxygen atoms in total. The van der Waals surface area contributed by atoms with E-state index < -0.39 is 5.92 Å². The van der Waals surface area contributed by atoms with Crippen molar-refractivity contribution in [2.24, 2.45) is 0 Å². The minimum Gasteiger partial charge on any atom is -0.493 e. The molecule has 0 bridgehead atoms. The summed E-state index contributed by atoms with van der Waals surface area (Å²) >= 11 is 0. The number of ketones is 1. The quantitative estimate of drug-likeness (QED) is 0.357. The first-order valence-corrected chi connectivity index (χ1v) is 13.8. The Morgan fingerprint density at radius 1 is 0.900 bits per heavy atom. The Balaban J connectivity index is 1.54. The first-order chi connectivity index (χ1) is 19.3. The van der Waals surface area contributed by atoms with Crippen molar-refractivity contribution >= 4 is 17.4 Å². The van der Waals surface area contributed by atoms with Gasteiger partial charge in [0.15, 0.2) is 17.3 Å². The van der Waals surface area contributed by atoms with Gasteiger partial charge in [0.1, 0.15) is 0 Å². The highest BCUT2D eigenvalue weighted by molar-refractivity contribution is 6.10. The van der Waals surface area contributed by atoms with Crippen LogP contribution in [-0.4, -0.2) is 25.9 Å². The van der Waals surface area contributed by atoms with Crippen LogP contribution in [0.15, 0.2) is 89.3 Å². The Morgan fingerprint density at radius 2 is 1.57 bits per heavy atom. The summed E-state index contributed by atoms with van der Waals surface area (Å²) in [4.78, 5) is 27.8. The maximum absolute atomic E-state index is 14.0. The lowest BCUT2D eigenvalue weighted by atomic mass is 9.71. The Labute approximate surface area is 236 Å². The second kappa shape index (κ2) is 11.4. The van der Waals surface area contributed by atoms with Crippen LogP contribution in [0.2, 0.25) is 0 Å². The first kappa shape index (κ1) is 27.3. The van der Waals surface area contributed by atoms with Gasteiger partial charge in [0.2, 0.25) is 0 Å². The molecular formula is C34H36N2O4. The van der Waals surface area contributed by atoms with Gasteiger partial charge in [0.25, 0.3) is 5.91 Å². The number of amides is 1. The molecule has 1 aliphatic carbocycles. The summed E-state index contributed by atoms with van der Waals surface area (Å²) in [5.41, 5.74) is 7.90. The molecular weight excluding hydrogens is 500 g/mol. The fourth-order valence-electron chi connectivity index (χ4n) is 5.80. The van der Waals surface area contributed by atoms with E-state index in [1.165, 1.54) is 5.56 Å². The van der Waals surface area contributed by atoms with Gasteiger partial charge in [-0.05, 0) is 73.6 Å². The van der Waals surface area contributed by atoms with Crippen LogP contribution in [0.3, 0.4) is 0 Å². The second-order valence-electron chi connectivity index (χ2n) is 10.5. The van der Waals surface area contributed by atoms with Crippen LogP contribution in [0.25, 0.3) is 0 Å². The number of ether oxygens (including phenoxy) is 2. The number of anilines is 1. The van der Waals surface area contributed by atoms with Crippen LogP contribution in [0.1, 0.15) is 60.8 Å². The molecule has 0 saturated carbocycles. The number of aryl methyl sites for hydroxylation is 2. The minimum absolute atomic E-state index is 0.0163. The van der Waals surface area contributed by atoms with Gasteiger partial charge in [0.05, 0.1) is 14.2 Å². The standard InChI is InChI=1S/C34H36N2O4/c1-6-22-9-11-23(12-10-22)32-31(34(38)36-26-14-7-20(2)8-15-26)21(3)35-27-17-25(18-28(37)33(27)32)24-13-16-29(39-4)30(19-24)40-5/h7-16,19,25,32,35H,6,17-18H2,1-5H3,(H,36,38)/t25-,32+/m1/s1. The molecule has 0 spiro atoms. The van der Waals surface area contributed by atoms with Crippen LogP contribution >= 0.6 is 0 Å². The predicted molar refractivity (Wildman–Crippen MR) is 158 cm³/mol. The number of dihydropyridines is 1. The van der Waals surface area contributed by atoms with Gasteiger partial charge in [-0.1, -0.05) is 55.0 Å². The molecule has 0 fully saturated rings. The number of nitrogens with one attached hydrogen (secondary N) is 2. The largest absolute Gasteiger partial charge is 0.493 e. The van der Waals surface area contributed by atoms with E-state index in [4.69, 9.17) is 9.47 Å². The number of hydrogen-bond acceptors (Lipinski definition) is 5. The Morgan fingerprint density at radius 3 is 2.23 bits per heavy atom. The van der Waals surface area contributed by atoms with Gasteiger partial charge in [-0.25, -0.2) is 0 Å². The Kier molecular flexibility index (Phi) is 7.78. The third-order valence-corrected chi connectivity index (χ3v) is 7.98. The monoisotopic (exact) mass is 536 g/mol. The number of allylic oxidation sites excluding steroid dienone is 3. The number of rotatable bonds is 7. The van der Waals surface area contributed by atoms with E-state index >= 15 is 0 Å². The molecule has 6 heteroatoms. The summed E-state index contributed by atoms with van der Waals surface area (Å²) < 4.78 is 10.9. The van der Waals surface area contributed by atoms with E-state index in [1.54, 1.807) is 14.2 Å². The zero-order valence-corrected chi connectivity index (χ0v) is 23.8. The van der Waals surface area contributed by atoms with Crippen molar-refractivity contribution < 1.29 is 19.1 Å². The number of benzene rings is 3. The van der Waals surface area contributed by atoms with E-state index in [0.29, 0.717) is 35.5 Å². The predicted octanol–water partition coefficient (Wildman–Crippen LogP) is 6.57. The van der Waals surface area contributed by atoms with Crippen molar-refractivity contribution in [1.29, 1.82) is 0 Å². The fourth-order valence-corrected chi connectivity index (χ4v) is 5.80. The van der Waals surface area contributed by atoms with Crippen molar-refractivity contribution in [3.05, 3.63) is 112 Å². The van der Waals surface area contributed by atoms with Crippen LogP contribution < -0.4 is 20.1 Å². The molecule has 1 heterocycles. The van der Waals surface area contributed by atoms with Crippen LogP contribution in [-0.2, 0) is 16.0 Å². The van der Waals surface area contributed by atoms with Gasteiger partial charge >= 0.3 is 0 Å². The number of carbonyl (C=O) groups excluding carboxylic acids is 2. The van der Waals surface area contributed by atoms with Crippen molar-refractivity contribution in [2.45, 2.75) is 51.9 Å². The SMILES string of the molecule is CCc1ccc([C@H]2C(C(=O)Nc3ccc(C)cc3)=C(C)NC3=C2C(=O)C[C@H](c2ccc(OC)c(OC)c2)C3)cc1. The van der Waals surface area contributed by atoms with E-state index in [1.807, 2.05) is 56.3 Å². The molecule has 206 valence electrons. The van der Waals surface area contributed by atoms with Crippen molar-refractivity contribution in [2.75, 3.05) is 19.5 Å². The Bertz CT molecular complexity index is 1500. The average Bonchev–Trinajstić information content (AvgIpc) is 2.97. The zero-order valence-electron chi connectivity index (χ0n) is 23.8. The smallest absolute Gasteiger partial charge is 0.254 e. The molecule has 1 aliphatic heterocycles. The lowest BCUT2D eigenvalue weighted by Crippen LogP contribution is -2.37. The molecule has 3 aromatic carbocycles. The molecule has 2 atom stereocenters. The maximum atomic E-state index is 14.0. The molecule has 3 aromatic rings. The summed E-state index contributed by atoms with van der Waals surface area (Å²) in [7, 11) is 3.22. The Hall–Kier alpha value is -4.32. The lowest BCUT2D eigenvalue weighted by molar-refractivity contribution is -0.116. The van der Waals surface area contributed by atoms with Crippen molar-refractivity contribution in [3.63, 3.8) is 0 Å². The van der Waals surface area contributed by atoms with E-state index in [2.05, 4.69) is 41.8 Å². The first-order valence-electron chi connectivity index (χ1n) is 13.8. The van der Waals surface area contributed by atoms with Gasteiger partial charge in [-0.3, -0.25) is 9.59 Å². The number of carbonyl (C=O) groups is 2. The summed E-state index contributed by atoms with van der Waals surface area (Å²) in [6, 6.07) is 21.8. The molecule has 0 saturated heterocycles. The van der Waals surface area contributed by atoms with Crippen LogP contribution in [0.5, 0.6) is 11.5 Å². The van der Waals surface area contributed by atoms with Crippen LogP contribution in [0, 0.1) is 6.92 Å². The van der Waals surface area contributed by atoms with E-state index in [-0.39, 0.29) is 17.6 Å². The highest BCUT2D eigenvalue weighted by Gasteiger charge is 2.41. The van der Waals surface area contributed by atoms with E-state index in [9.17, 15) is 9.59 Å². The lowest BCUT2D eigenvalue weighted by Gasteiger charge is -2.37. The molecule has 0 aromatic heterocycles. The summed E-state index contributed by atoms with van der Waals surface area (Å²) in [5.74, 6) is 0.668. The summed E-state index contributed by atoms with van der Waals surface area (Å²) in [5, 5.41) is 6.53. The van der Waals surface area contributed by atoms with Gasteiger partial charge in [-0.2, -0.15) is 0 Å². The maximum Gasteiger partial charge on any atom is 0.254 e. The third kappa shape index (κ3) is 5.26. The molecule has 0 radical (unpaired) electrons. The molecule has 5 rings (SSSR count). The molecule has 0 unspecified atom stereocenters. The van der Waals surface area contributed by atoms with Gasteiger partial charge < -0.3 is 20.1 Å². The molecule has 2 N–H and O–H groups in total. The second-order valence-corrected chi connectivity index (χ2v) is 10.5. The minimum atomic E-state index is -0.452. The molecule has 2 aliphatic rings. The normalized spacial score (nSPS) is 18.7. The van der Waals surface area contributed by atoms with Crippen molar-refractivity contribution in [3.8, 4) is 11.5 Å². The highest BCUT2D eigenvalue weighted by Crippen LogP contribution is 2.46. The average molecular weight is 537 g/mol. The van der Waals surface area contributed by atoms with Gasteiger partial charge in [0, 0.05) is 40.6 Å². The summed E-state index contributed by atoms with van der Waals surface area (Å²) in [6.07, 6.45) is 1.93. The topological polar surface area (TPSA) is 76.7 Å². The molecule has 1 amide bonds. The summed E-state index contributed by atoms with van der Waals surface area (Å²) in [6.45, 7) is 6.05. The van der Waals surface area contributed by atoms with Gasteiger partial charge in [-0.15, -0.1) is 0 Å². The third-order valence-electron chi connectivity index (χ3n) is 7.98. The van der Waals surface area contributed by atoms with E-state index in [0.717, 1.165) is 40.2 Å². The highest BCUT2D eigenvalue weighted by atomic mass is 16.5. The number of hydrogen-bond donors (Lipinski definition) is 2. The number of Topliss-reactive ketones (excluding diaryl/α,β-unsaturated/α-hetero) is 1. The molecule has 40 heavy (non-hydrogen) atoms. The number of methoxy groups -OCH3 is 2. The van der Waals surface area contributed by atoms with Crippen LogP contribution in [0.4, 0.5) is 5.69 Å². The fraction of sp³-hybridized carbons (Fsp3) is 0.294.